The fourth-order valence-corrected chi connectivity index (χ4v) is 1.57. The van der Waals surface area contributed by atoms with E-state index in [-0.39, 0.29) is 0 Å². The van der Waals surface area contributed by atoms with E-state index in [9.17, 15) is 9.59 Å². The highest BCUT2D eigenvalue weighted by atomic mass is 16.2. The Morgan fingerprint density at radius 2 is 2.25 bits per heavy atom. The number of fused-ring (bicyclic) bond motifs is 1. The van der Waals surface area contributed by atoms with Gasteiger partial charge in [0.25, 0.3) is 5.78 Å². The maximum absolute atomic E-state index is 11.6. The molecule has 0 amide bonds. The molecule has 1 N–H and O–H groups in total. The molecular formula is C12H8N2O2. The molecule has 2 rings (SSSR count). The molecular weight excluding hydrogens is 204 g/mol. The fourth-order valence-electron chi connectivity index (χ4n) is 1.57. The van der Waals surface area contributed by atoms with Gasteiger partial charge in [0.2, 0.25) is 5.78 Å². The van der Waals surface area contributed by atoms with E-state index >= 15 is 0 Å². The van der Waals surface area contributed by atoms with Crippen molar-refractivity contribution in [2.24, 2.45) is 0 Å². The Morgan fingerprint density at radius 1 is 1.50 bits per heavy atom. The molecule has 2 aromatic heterocycles. The number of aromatic nitrogens is 2. The minimum absolute atomic E-state index is 0.295. The van der Waals surface area contributed by atoms with Crippen LogP contribution in [0.15, 0.2) is 18.5 Å². The molecule has 0 aliphatic heterocycles. The molecule has 0 spiro atoms. The van der Waals surface area contributed by atoms with Crippen molar-refractivity contribution >= 4 is 22.5 Å². The highest BCUT2D eigenvalue weighted by Crippen LogP contribution is 2.20. The van der Waals surface area contributed by atoms with E-state index in [1.165, 1.54) is 6.20 Å². The Kier molecular flexibility index (Phi) is 2.29. The summed E-state index contributed by atoms with van der Waals surface area (Å²) in [7, 11) is 0. The first-order valence-corrected chi connectivity index (χ1v) is 4.63. The van der Waals surface area contributed by atoms with Gasteiger partial charge in [-0.15, -0.1) is 6.42 Å². The van der Waals surface area contributed by atoms with Gasteiger partial charge in [-0.1, -0.05) is 0 Å². The number of nitrogens with zero attached hydrogens (tertiary/aromatic N) is 1. The number of ketones is 2. The fraction of sp³-hybridized carbons (Fsp3) is 0.0833. The van der Waals surface area contributed by atoms with Crippen molar-refractivity contribution in [3.8, 4) is 12.3 Å². The van der Waals surface area contributed by atoms with E-state index in [0.29, 0.717) is 10.9 Å². The molecule has 0 unspecified atom stereocenters. The van der Waals surface area contributed by atoms with Gasteiger partial charge in [-0.05, 0) is 18.9 Å². The quantitative estimate of drug-likeness (QED) is 0.353. The van der Waals surface area contributed by atoms with Crippen molar-refractivity contribution in [2.75, 3.05) is 0 Å². The molecule has 0 saturated heterocycles. The number of aryl methyl sites for hydroxylation is 1. The Balaban J connectivity index is 2.64. The average molecular weight is 212 g/mol. The summed E-state index contributed by atoms with van der Waals surface area (Å²) in [4.78, 5) is 29.7. The van der Waals surface area contributed by atoms with Crippen LogP contribution in [-0.2, 0) is 4.79 Å². The lowest BCUT2D eigenvalue weighted by molar-refractivity contribution is -0.110. The molecule has 0 aliphatic rings. The van der Waals surface area contributed by atoms with E-state index in [4.69, 9.17) is 6.42 Å². The number of carbonyl (C=O) groups excluding carboxylic acids is 2. The molecule has 2 aromatic rings. The monoisotopic (exact) mass is 212 g/mol. The lowest BCUT2D eigenvalue weighted by Crippen LogP contribution is -2.10. The summed E-state index contributed by atoms with van der Waals surface area (Å²) in [5.74, 6) is 0.309. The van der Waals surface area contributed by atoms with Gasteiger partial charge in [0.05, 0.1) is 16.8 Å². The molecule has 0 saturated carbocycles. The summed E-state index contributed by atoms with van der Waals surface area (Å²) in [6.45, 7) is 1.82. The standard InChI is InChI=1S/C12H8N2O2/c1-3-10(15)12(16)9-6-14-11-7(2)13-5-4-8(9)11/h1,4-6,14H,2H3. The van der Waals surface area contributed by atoms with E-state index < -0.39 is 11.6 Å². The maximum Gasteiger partial charge on any atom is 0.276 e. The first-order valence-electron chi connectivity index (χ1n) is 4.63. The number of nitrogens with one attached hydrogen (secondary N) is 1. The normalized spacial score (nSPS) is 10.0. The minimum Gasteiger partial charge on any atom is -0.359 e. The predicted octanol–water partition coefficient (Wildman–Crippen LogP) is 1.26. The van der Waals surface area contributed by atoms with Crippen LogP contribution in [0.2, 0.25) is 0 Å². The van der Waals surface area contributed by atoms with Crippen LogP contribution < -0.4 is 0 Å². The summed E-state index contributed by atoms with van der Waals surface area (Å²) in [6, 6.07) is 1.68. The van der Waals surface area contributed by atoms with Crippen LogP contribution in [0.3, 0.4) is 0 Å². The smallest absolute Gasteiger partial charge is 0.276 e. The van der Waals surface area contributed by atoms with Crippen molar-refractivity contribution in [3.05, 3.63) is 29.7 Å². The Hall–Kier alpha value is -2.41. The van der Waals surface area contributed by atoms with Crippen LogP contribution in [0.5, 0.6) is 0 Å². The summed E-state index contributed by atoms with van der Waals surface area (Å²) >= 11 is 0. The third-order valence-electron chi connectivity index (χ3n) is 2.37. The Morgan fingerprint density at radius 3 is 2.94 bits per heavy atom. The molecule has 0 atom stereocenters. The molecule has 0 aliphatic carbocycles. The van der Waals surface area contributed by atoms with Crippen LogP contribution >= 0.6 is 0 Å². The third kappa shape index (κ3) is 1.39. The first-order chi connectivity index (χ1) is 7.65. The number of Topliss-reactive ketones (excluding diaryl/α,β-unsaturated/α-hetero) is 2. The predicted molar refractivity (Wildman–Crippen MR) is 59.0 cm³/mol. The van der Waals surface area contributed by atoms with Gasteiger partial charge in [0.1, 0.15) is 0 Å². The van der Waals surface area contributed by atoms with E-state index in [1.54, 1.807) is 12.3 Å². The minimum atomic E-state index is -0.838. The molecule has 2 heterocycles. The molecule has 4 nitrogen and oxygen atoms in total. The van der Waals surface area contributed by atoms with Gasteiger partial charge < -0.3 is 4.98 Å². The van der Waals surface area contributed by atoms with Crippen LogP contribution in [0.1, 0.15) is 16.1 Å². The van der Waals surface area contributed by atoms with Gasteiger partial charge in [-0.3, -0.25) is 14.6 Å². The molecule has 0 aromatic carbocycles. The van der Waals surface area contributed by atoms with Gasteiger partial charge in [-0.2, -0.15) is 0 Å². The number of aromatic amines is 1. The zero-order valence-corrected chi connectivity index (χ0v) is 8.57. The number of hydrogen-bond donors (Lipinski definition) is 1. The number of hydrogen-bond acceptors (Lipinski definition) is 3. The van der Waals surface area contributed by atoms with Crippen molar-refractivity contribution in [1.82, 2.24) is 9.97 Å². The van der Waals surface area contributed by atoms with E-state index in [2.05, 4.69) is 9.97 Å². The van der Waals surface area contributed by atoms with E-state index in [1.807, 2.05) is 12.8 Å². The third-order valence-corrected chi connectivity index (χ3v) is 2.37. The van der Waals surface area contributed by atoms with Gasteiger partial charge in [-0.25, -0.2) is 0 Å². The number of carbonyl (C=O) groups is 2. The SMILES string of the molecule is C#CC(=O)C(=O)c1c[nH]c2c(C)nccc12. The number of terminal acetylenes is 1. The van der Waals surface area contributed by atoms with Crippen molar-refractivity contribution < 1.29 is 9.59 Å². The van der Waals surface area contributed by atoms with Gasteiger partial charge in [0.15, 0.2) is 0 Å². The lowest BCUT2D eigenvalue weighted by atomic mass is 10.1. The molecule has 0 fully saturated rings. The molecule has 0 radical (unpaired) electrons. The molecule has 0 bridgehead atoms. The van der Waals surface area contributed by atoms with Crippen LogP contribution in [0.4, 0.5) is 0 Å². The van der Waals surface area contributed by atoms with Crippen LogP contribution in [0, 0.1) is 19.3 Å². The number of rotatable bonds is 2. The van der Waals surface area contributed by atoms with Crippen molar-refractivity contribution in [1.29, 1.82) is 0 Å². The number of H-pyrrole nitrogens is 1. The summed E-state index contributed by atoms with van der Waals surface area (Å²) in [6.07, 6.45) is 7.98. The molecule has 78 valence electrons. The van der Waals surface area contributed by atoms with Crippen molar-refractivity contribution in [2.45, 2.75) is 6.92 Å². The second-order valence-corrected chi connectivity index (χ2v) is 3.32. The zero-order valence-electron chi connectivity index (χ0n) is 8.57. The molecule has 4 heteroatoms. The van der Waals surface area contributed by atoms with Gasteiger partial charge >= 0.3 is 0 Å². The summed E-state index contributed by atoms with van der Waals surface area (Å²) < 4.78 is 0. The highest BCUT2D eigenvalue weighted by Gasteiger charge is 2.18. The summed E-state index contributed by atoms with van der Waals surface area (Å²) in [5, 5.41) is 0.668. The summed E-state index contributed by atoms with van der Waals surface area (Å²) in [5.41, 5.74) is 1.81. The average Bonchev–Trinajstić information content (AvgIpc) is 2.72. The maximum atomic E-state index is 11.6. The van der Waals surface area contributed by atoms with Crippen molar-refractivity contribution in [3.63, 3.8) is 0 Å². The Bertz CT molecular complexity index is 632. The zero-order chi connectivity index (χ0) is 11.7. The van der Waals surface area contributed by atoms with Gasteiger partial charge in [0, 0.05) is 17.8 Å². The largest absolute Gasteiger partial charge is 0.359 e. The Labute approximate surface area is 91.7 Å². The first kappa shape index (κ1) is 10.1. The topological polar surface area (TPSA) is 62.8 Å². The molecule has 16 heavy (non-hydrogen) atoms. The lowest BCUT2D eigenvalue weighted by Gasteiger charge is -1.95. The second kappa shape index (κ2) is 3.63. The van der Waals surface area contributed by atoms with Crippen LogP contribution in [-0.4, -0.2) is 21.5 Å². The second-order valence-electron chi connectivity index (χ2n) is 3.32. The number of pyridine rings is 1. The van der Waals surface area contributed by atoms with Crippen LogP contribution in [0.25, 0.3) is 10.9 Å². The highest BCUT2D eigenvalue weighted by molar-refractivity contribution is 6.51. The van der Waals surface area contributed by atoms with E-state index in [0.717, 1.165) is 11.2 Å².